The van der Waals surface area contributed by atoms with Gasteiger partial charge in [-0.05, 0) is 40.5 Å². The van der Waals surface area contributed by atoms with Gasteiger partial charge in [-0.3, -0.25) is 9.89 Å². The number of H-pyrrole nitrogens is 1. The average Bonchev–Trinajstić information content (AvgIpc) is 3.19. The third-order valence-corrected chi connectivity index (χ3v) is 4.23. The van der Waals surface area contributed by atoms with Gasteiger partial charge < -0.3 is 5.73 Å². The lowest BCUT2D eigenvalue weighted by molar-refractivity contribution is 0.0991. The average molecular weight is 358 g/mol. The van der Waals surface area contributed by atoms with E-state index in [2.05, 4.69) is 15.2 Å². The molecule has 3 N–H and O–H groups in total. The van der Waals surface area contributed by atoms with Crippen LogP contribution in [0.15, 0.2) is 72.8 Å². The fourth-order valence-electron chi connectivity index (χ4n) is 2.94. The normalized spacial score (nSPS) is 10.7. The molecule has 6 heteroatoms. The summed E-state index contributed by atoms with van der Waals surface area (Å²) in [5.41, 5.74) is 9.84. The zero-order valence-electron chi connectivity index (χ0n) is 14.2. The molecule has 0 radical (unpaired) electrons. The van der Waals surface area contributed by atoms with Crippen molar-refractivity contribution in [2.24, 2.45) is 5.73 Å². The van der Waals surface area contributed by atoms with E-state index in [9.17, 15) is 9.18 Å². The lowest BCUT2D eigenvalue weighted by Gasteiger charge is -2.11. The molecule has 5 nitrogen and oxygen atoms in total. The molecule has 0 spiro atoms. The Kier molecular flexibility index (Phi) is 4.22. The Labute approximate surface area is 154 Å². The molecule has 0 aliphatic carbocycles. The van der Waals surface area contributed by atoms with E-state index in [-0.39, 0.29) is 11.6 Å². The molecule has 3 aromatic carbocycles. The number of amides is 1. The van der Waals surface area contributed by atoms with E-state index in [1.807, 2.05) is 48.5 Å². The zero-order valence-corrected chi connectivity index (χ0v) is 14.2. The lowest BCUT2D eigenvalue weighted by atomic mass is 9.94. The molecular formula is C21H15FN4O. The minimum absolute atomic E-state index is 0.0158. The molecule has 0 aliphatic rings. The highest BCUT2D eigenvalue weighted by atomic mass is 19.1. The van der Waals surface area contributed by atoms with E-state index in [1.54, 1.807) is 12.1 Å². The first-order valence-corrected chi connectivity index (χ1v) is 8.30. The van der Waals surface area contributed by atoms with Crippen molar-refractivity contribution in [3.8, 4) is 33.6 Å². The number of hydrogen-bond donors (Lipinski definition) is 2. The SMILES string of the molecule is NC(=O)c1nc(-c2cccc(-c3ccccc3-c3ccc(F)cc3)c2)n[nH]1. The number of nitrogens with zero attached hydrogens (tertiary/aromatic N) is 2. The summed E-state index contributed by atoms with van der Waals surface area (Å²) in [6.45, 7) is 0. The number of carbonyl (C=O) groups is 1. The first-order valence-electron chi connectivity index (χ1n) is 8.30. The van der Waals surface area contributed by atoms with E-state index in [4.69, 9.17) is 5.73 Å². The Bertz CT molecular complexity index is 1120. The molecule has 4 aromatic rings. The Morgan fingerprint density at radius 1 is 0.852 bits per heavy atom. The van der Waals surface area contributed by atoms with Gasteiger partial charge in [0.05, 0.1) is 0 Å². The van der Waals surface area contributed by atoms with Crippen LogP contribution in [0.5, 0.6) is 0 Å². The summed E-state index contributed by atoms with van der Waals surface area (Å²) < 4.78 is 13.3. The summed E-state index contributed by atoms with van der Waals surface area (Å²) in [7, 11) is 0. The van der Waals surface area contributed by atoms with Gasteiger partial charge in [0.25, 0.3) is 5.91 Å². The molecule has 0 atom stereocenters. The van der Waals surface area contributed by atoms with Gasteiger partial charge in [-0.2, -0.15) is 5.10 Å². The number of primary amides is 1. The van der Waals surface area contributed by atoms with Crippen molar-refractivity contribution >= 4 is 5.91 Å². The van der Waals surface area contributed by atoms with Gasteiger partial charge in [0, 0.05) is 5.56 Å². The van der Waals surface area contributed by atoms with Gasteiger partial charge >= 0.3 is 0 Å². The van der Waals surface area contributed by atoms with Crippen LogP contribution in [-0.2, 0) is 0 Å². The van der Waals surface area contributed by atoms with Gasteiger partial charge in [0.2, 0.25) is 5.82 Å². The number of halogens is 1. The van der Waals surface area contributed by atoms with Crippen LogP contribution in [0.1, 0.15) is 10.6 Å². The van der Waals surface area contributed by atoms with Crippen LogP contribution in [-0.4, -0.2) is 21.1 Å². The molecule has 0 saturated heterocycles. The van der Waals surface area contributed by atoms with Gasteiger partial charge in [-0.25, -0.2) is 9.37 Å². The molecule has 0 fully saturated rings. The molecule has 0 aliphatic heterocycles. The number of benzene rings is 3. The minimum Gasteiger partial charge on any atom is -0.363 e. The monoisotopic (exact) mass is 358 g/mol. The van der Waals surface area contributed by atoms with Crippen molar-refractivity contribution in [3.63, 3.8) is 0 Å². The summed E-state index contributed by atoms with van der Waals surface area (Å²) in [5.74, 6) is -0.522. The van der Waals surface area contributed by atoms with Crippen LogP contribution < -0.4 is 5.73 Å². The van der Waals surface area contributed by atoms with Crippen LogP contribution >= 0.6 is 0 Å². The predicted molar refractivity (Wildman–Crippen MR) is 101 cm³/mol. The van der Waals surface area contributed by atoms with Crippen LogP contribution in [0.3, 0.4) is 0 Å². The second-order valence-electron chi connectivity index (χ2n) is 6.01. The van der Waals surface area contributed by atoms with Crippen LogP contribution in [0, 0.1) is 5.82 Å². The van der Waals surface area contributed by atoms with E-state index >= 15 is 0 Å². The third-order valence-electron chi connectivity index (χ3n) is 4.23. The third kappa shape index (κ3) is 3.32. The molecule has 0 bridgehead atoms. The molecule has 1 amide bonds. The highest BCUT2D eigenvalue weighted by molar-refractivity contribution is 5.89. The molecule has 0 saturated carbocycles. The number of aromatic amines is 1. The zero-order chi connectivity index (χ0) is 18.8. The highest BCUT2D eigenvalue weighted by Crippen LogP contribution is 2.33. The number of aromatic nitrogens is 3. The van der Waals surface area contributed by atoms with Crippen LogP contribution in [0.4, 0.5) is 4.39 Å². The molecular weight excluding hydrogens is 343 g/mol. The van der Waals surface area contributed by atoms with Crippen molar-refractivity contribution in [3.05, 3.63) is 84.4 Å². The number of carbonyl (C=O) groups excluding carboxylic acids is 1. The number of rotatable bonds is 4. The Morgan fingerprint density at radius 2 is 1.52 bits per heavy atom. The molecule has 0 unspecified atom stereocenters. The topological polar surface area (TPSA) is 84.7 Å². The quantitative estimate of drug-likeness (QED) is 0.577. The predicted octanol–water partition coefficient (Wildman–Crippen LogP) is 4.04. The van der Waals surface area contributed by atoms with Crippen LogP contribution in [0.2, 0.25) is 0 Å². The van der Waals surface area contributed by atoms with Gasteiger partial charge in [-0.1, -0.05) is 54.6 Å². The van der Waals surface area contributed by atoms with Crippen LogP contribution in [0.25, 0.3) is 33.6 Å². The largest absolute Gasteiger partial charge is 0.363 e. The summed E-state index contributed by atoms with van der Waals surface area (Å²) in [4.78, 5) is 15.3. The standard InChI is InChI=1S/C21H15FN4O/c22-16-10-8-13(9-11-16)17-6-1-2-7-18(17)14-4-3-5-15(12-14)20-24-21(19(23)27)26-25-20/h1-12H,(H2,23,27)(H,24,25,26). The molecule has 132 valence electrons. The fraction of sp³-hybridized carbons (Fsp3) is 0. The van der Waals surface area contributed by atoms with E-state index in [1.165, 1.54) is 12.1 Å². The van der Waals surface area contributed by atoms with Crippen molar-refractivity contribution in [2.45, 2.75) is 0 Å². The first-order chi connectivity index (χ1) is 13.1. The Balaban J connectivity index is 1.78. The summed E-state index contributed by atoms with van der Waals surface area (Å²) >= 11 is 0. The summed E-state index contributed by atoms with van der Waals surface area (Å²) in [6, 6.07) is 22.0. The first kappa shape index (κ1) is 16.7. The van der Waals surface area contributed by atoms with Gasteiger partial charge in [-0.15, -0.1) is 0 Å². The van der Waals surface area contributed by atoms with Crippen molar-refractivity contribution in [1.82, 2.24) is 15.2 Å². The fourth-order valence-corrected chi connectivity index (χ4v) is 2.94. The van der Waals surface area contributed by atoms with E-state index < -0.39 is 5.91 Å². The maximum absolute atomic E-state index is 13.3. The number of nitrogens with two attached hydrogens (primary N) is 1. The van der Waals surface area contributed by atoms with Crippen molar-refractivity contribution in [2.75, 3.05) is 0 Å². The molecule has 1 aromatic heterocycles. The van der Waals surface area contributed by atoms with Gasteiger partial charge in [0.1, 0.15) is 5.82 Å². The van der Waals surface area contributed by atoms with Gasteiger partial charge in [0.15, 0.2) is 5.82 Å². The summed E-state index contributed by atoms with van der Waals surface area (Å²) in [6.07, 6.45) is 0. The molecule has 27 heavy (non-hydrogen) atoms. The Morgan fingerprint density at radius 3 is 2.19 bits per heavy atom. The maximum Gasteiger partial charge on any atom is 0.286 e. The van der Waals surface area contributed by atoms with E-state index in [0.717, 1.165) is 27.8 Å². The van der Waals surface area contributed by atoms with Crippen molar-refractivity contribution < 1.29 is 9.18 Å². The maximum atomic E-state index is 13.3. The van der Waals surface area contributed by atoms with Crippen molar-refractivity contribution in [1.29, 1.82) is 0 Å². The number of nitrogens with one attached hydrogen (secondary N) is 1. The highest BCUT2D eigenvalue weighted by Gasteiger charge is 2.12. The molecule has 4 rings (SSSR count). The minimum atomic E-state index is -0.661. The second-order valence-corrected chi connectivity index (χ2v) is 6.01. The smallest absolute Gasteiger partial charge is 0.286 e. The second kappa shape index (κ2) is 6.84. The molecule has 1 heterocycles. The lowest BCUT2D eigenvalue weighted by Crippen LogP contribution is -2.12. The summed E-state index contributed by atoms with van der Waals surface area (Å²) in [5, 5.41) is 6.59. The number of hydrogen-bond acceptors (Lipinski definition) is 3. The Hall–Kier alpha value is -3.80. The van der Waals surface area contributed by atoms with E-state index in [0.29, 0.717) is 5.82 Å².